The molecule has 3 fully saturated rings. The minimum atomic E-state index is -1.71. The Morgan fingerprint density at radius 2 is 1.48 bits per heavy atom. The summed E-state index contributed by atoms with van der Waals surface area (Å²) < 4.78 is 16.7. The number of aliphatic hydroxyl groups is 6. The van der Waals surface area contributed by atoms with E-state index >= 15 is 0 Å². The standard InChI is InChI=1S/C37H47N5O14/c43-16-26-31(48)32(49)29(46)24(55-26)14-28(45)40-23(34(51)39-15-25-30(47)33(50)35(56-25)42-13-11-27(44)41-36(42)52)10-5-12-38-37(53)54-17-22-20-8-3-1-6-18(20)19-7-2-4-9-21(19)22/h1-4,6-9,22-26,29-33,35,43,46-50H,5,10-17H2,(H,38,53)(H,39,51)(H,40,45)(H,41,44,52)/t23-,24+,25+,26+,29-,30+,31-,32+,33+,35+/m0/s1. The van der Waals surface area contributed by atoms with Gasteiger partial charge in [0.05, 0.1) is 19.1 Å². The van der Waals surface area contributed by atoms with Crippen LogP contribution in [0.25, 0.3) is 11.1 Å². The van der Waals surface area contributed by atoms with Gasteiger partial charge in [-0.3, -0.25) is 24.6 Å². The molecule has 0 aromatic heterocycles. The molecule has 4 aliphatic rings. The number of hydrogen-bond acceptors (Lipinski definition) is 14. The van der Waals surface area contributed by atoms with Crippen LogP contribution in [-0.4, -0.2) is 159 Å². The van der Waals surface area contributed by atoms with E-state index < -0.39 is 104 Å². The van der Waals surface area contributed by atoms with Crippen molar-refractivity contribution in [3.63, 3.8) is 0 Å². The number of aliphatic hydroxyl groups excluding tert-OH is 6. The molecular formula is C37H47N5O14. The Kier molecular flexibility index (Phi) is 13.2. The number of carbonyl (C=O) groups is 5. The minimum absolute atomic E-state index is 0.0305. The summed E-state index contributed by atoms with van der Waals surface area (Å²) in [5.74, 6) is -2.20. The van der Waals surface area contributed by atoms with Crippen LogP contribution >= 0.6 is 0 Å². The number of urea groups is 1. The fraction of sp³-hybridized carbons (Fsp3) is 0.541. The molecule has 6 amide bonds. The largest absolute Gasteiger partial charge is 0.449 e. The normalized spacial score (nSPS) is 29.2. The number of ether oxygens (including phenoxy) is 3. The monoisotopic (exact) mass is 785 g/mol. The van der Waals surface area contributed by atoms with Crippen molar-refractivity contribution in [2.24, 2.45) is 0 Å². The van der Waals surface area contributed by atoms with Crippen LogP contribution in [0.5, 0.6) is 0 Å². The first-order chi connectivity index (χ1) is 26.9. The van der Waals surface area contributed by atoms with Crippen LogP contribution in [0.15, 0.2) is 48.5 Å². The maximum Gasteiger partial charge on any atom is 0.407 e. The third kappa shape index (κ3) is 8.95. The number of alkyl carbamates (subject to hydrolysis) is 1. The van der Waals surface area contributed by atoms with Crippen LogP contribution in [0.1, 0.15) is 42.7 Å². The smallest absolute Gasteiger partial charge is 0.407 e. The first kappa shape index (κ1) is 40.9. The highest BCUT2D eigenvalue weighted by atomic mass is 16.6. The molecule has 0 spiro atoms. The molecule has 0 radical (unpaired) electrons. The van der Waals surface area contributed by atoms with E-state index in [1.54, 1.807) is 0 Å². The van der Waals surface area contributed by atoms with E-state index in [1.165, 1.54) is 0 Å². The highest BCUT2D eigenvalue weighted by molar-refractivity contribution is 5.96. The van der Waals surface area contributed by atoms with Crippen molar-refractivity contribution in [1.82, 2.24) is 26.2 Å². The van der Waals surface area contributed by atoms with Crippen molar-refractivity contribution >= 4 is 29.8 Å². The molecule has 10 N–H and O–H groups in total. The first-order valence-electron chi connectivity index (χ1n) is 18.5. The lowest BCUT2D eigenvalue weighted by Gasteiger charge is -2.39. The van der Waals surface area contributed by atoms with E-state index in [0.717, 1.165) is 27.2 Å². The highest BCUT2D eigenvalue weighted by Crippen LogP contribution is 2.44. The average molecular weight is 786 g/mol. The van der Waals surface area contributed by atoms with Gasteiger partial charge in [-0.25, -0.2) is 9.59 Å². The third-order valence-corrected chi connectivity index (χ3v) is 10.5. The van der Waals surface area contributed by atoms with Gasteiger partial charge in [0.1, 0.15) is 55.4 Å². The Hall–Kier alpha value is -4.73. The lowest BCUT2D eigenvalue weighted by Crippen LogP contribution is -2.59. The number of rotatable bonds is 14. The van der Waals surface area contributed by atoms with Gasteiger partial charge in [-0.05, 0) is 35.1 Å². The number of hydrogen-bond donors (Lipinski definition) is 10. The first-order valence-corrected chi connectivity index (χ1v) is 18.5. The van der Waals surface area contributed by atoms with Crippen LogP contribution in [0, 0.1) is 0 Å². The van der Waals surface area contributed by atoms with E-state index in [9.17, 15) is 54.6 Å². The van der Waals surface area contributed by atoms with Crippen LogP contribution in [0.3, 0.4) is 0 Å². The SMILES string of the molecule is O=C1CCN([C@@H]2O[C@H](CNC(=O)[C@H](CCCNC(=O)OCC3c4ccccc4-c4ccccc43)NC(=O)C[C@H]3O[C@H](CO)[C@H](O)[C@H](O)[C@H]3O)[C@@H](O)[C@H]2O)C(=O)N1. The molecule has 10 atom stereocenters. The Morgan fingerprint density at radius 1 is 0.839 bits per heavy atom. The van der Waals surface area contributed by atoms with Crippen molar-refractivity contribution in [1.29, 1.82) is 0 Å². The number of nitrogens with zero attached hydrogens (tertiary/aromatic N) is 1. The molecule has 19 heteroatoms. The second-order valence-corrected chi connectivity index (χ2v) is 14.2. The van der Waals surface area contributed by atoms with Crippen LogP contribution in [0.4, 0.5) is 9.59 Å². The minimum Gasteiger partial charge on any atom is -0.449 e. The molecule has 304 valence electrons. The fourth-order valence-corrected chi connectivity index (χ4v) is 7.50. The van der Waals surface area contributed by atoms with Crippen molar-refractivity contribution in [2.75, 3.05) is 32.8 Å². The van der Waals surface area contributed by atoms with Crippen molar-refractivity contribution < 1.29 is 68.8 Å². The fourth-order valence-electron chi connectivity index (χ4n) is 7.50. The van der Waals surface area contributed by atoms with Gasteiger partial charge in [-0.2, -0.15) is 0 Å². The Bertz CT molecular complexity index is 1720. The number of benzene rings is 2. The Labute approximate surface area is 320 Å². The average Bonchev–Trinajstić information content (AvgIpc) is 3.66. The summed E-state index contributed by atoms with van der Waals surface area (Å²) in [7, 11) is 0. The van der Waals surface area contributed by atoms with Crippen molar-refractivity contribution in [2.45, 2.75) is 92.7 Å². The van der Waals surface area contributed by atoms with E-state index in [-0.39, 0.29) is 51.4 Å². The second-order valence-electron chi connectivity index (χ2n) is 14.2. The molecule has 2 aromatic rings. The molecule has 0 unspecified atom stereocenters. The molecule has 3 aliphatic heterocycles. The lowest BCUT2D eigenvalue weighted by molar-refractivity contribution is -0.229. The number of carbonyl (C=O) groups excluding carboxylic acids is 5. The van der Waals surface area contributed by atoms with Gasteiger partial charge in [0.25, 0.3) is 0 Å². The van der Waals surface area contributed by atoms with E-state index in [4.69, 9.17) is 14.2 Å². The molecule has 3 heterocycles. The van der Waals surface area contributed by atoms with E-state index in [1.807, 2.05) is 48.5 Å². The summed E-state index contributed by atoms with van der Waals surface area (Å²) in [6, 6.07) is 13.7. The number of nitrogens with one attached hydrogen (secondary N) is 4. The molecule has 6 rings (SSSR count). The summed E-state index contributed by atoms with van der Waals surface area (Å²) in [4.78, 5) is 64.3. The molecule has 19 nitrogen and oxygen atoms in total. The van der Waals surface area contributed by atoms with E-state index in [2.05, 4.69) is 21.3 Å². The Balaban J connectivity index is 1.04. The molecule has 56 heavy (non-hydrogen) atoms. The van der Waals surface area contributed by atoms with Gasteiger partial charge < -0.3 is 60.8 Å². The molecule has 3 saturated heterocycles. The summed E-state index contributed by atoms with van der Waals surface area (Å²) in [5, 5.41) is 71.3. The zero-order chi connectivity index (χ0) is 40.1. The van der Waals surface area contributed by atoms with Crippen molar-refractivity contribution in [3.8, 4) is 11.1 Å². The summed E-state index contributed by atoms with van der Waals surface area (Å²) >= 11 is 0. The molecule has 0 bridgehead atoms. The highest BCUT2D eigenvalue weighted by Gasteiger charge is 2.48. The zero-order valence-corrected chi connectivity index (χ0v) is 30.2. The lowest BCUT2D eigenvalue weighted by atomic mass is 9.93. The predicted molar refractivity (Wildman–Crippen MR) is 191 cm³/mol. The van der Waals surface area contributed by atoms with Crippen LogP contribution < -0.4 is 21.3 Å². The molecule has 1 aliphatic carbocycles. The summed E-state index contributed by atoms with van der Waals surface area (Å²) in [5.41, 5.74) is 4.24. The van der Waals surface area contributed by atoms with Gasteiger partial charge in [-0.1, -0.05) is 48.5 Å². The van der Waals surface area contributed by atoms with Crippen LogP contribution in [0.2, 0.25) is 0 Å². The topological polar surface area (TPSA) is 286 Å². The van der Waals surface area contributed by atoms with Gasteiger partial charge in [0.2, 0.25) is 17.7 Å². The molecule has 0 saturated carbocycles. The quantitative estimate of drug-likeness (QED) is 0.0889. The predicted octanol–water partition coefficient (Wildman–Crippen LogP) is -2.47. The maximum absolute atomic E-state index is 13.5. The van der Waals surface area contributed by atoms with Gasteiger partial charge in [-0.15, -0.1) is 0 Å². The number of amides is 6. The van der Waals surface area contributed by atoms with E-state index in [0.29, 0.717) is 0 Å². The summed E-state index contributed by atoms with van der Waals surface area (Å²) in [6.07, 6.45) is -14.4. The van der Waals surface area contributed by atoms with Gasteiger partial charge in [0, 0.05) is 32.0 Å². The van der Waals surface area contributed by atoms with Gasteiger partial charge in [0.15, 0.2) is 6.23 Å². The van der Waals surface area contributed by atoms with Crippen molar-refractivity contribution in [3.05, 3.63) is 59.7 Å². The molecule has 2 aromatic carbocycles. The van der Waals surface area contributed by atoms with Crippen LogP contribution in [-0.2, 0) is 28.6 Å². The summed E-state index contributed by atoms with van der Waals surface area (Å²) in [6.45, 7) is -0.994. The maximum atomic E-state index is 13.5. The zero-order valence-electron chi connectivity index (χ0n) is 30.2. The second kappa shape index (κ2) is 18.0. The number of fused-ring (bicyclic) bond motifs is 3. The number of imide groups is 1. The molecular weight excluding hydrogens is 738 g/mol. The Morgan fingerprint density at radius 3 is 2.14 bits per heavy atom. The van der Waals surface area contributed by atoms with Gasteiger partial charge >= 0.3 is 12.1 Å². The third-order valence-electron chi connectivity index (χ3n) is 10.5.